The molecular formula is C19H17NO3S. The predicted molar refractivity (Wildman–Crippen MR) is 96.7 cm³/mol. The summed E-state index contributed by atoms with van der Waals surface area (Å²) >= 11 is 4.25. The van der Waals surface area contributed by atoms with Crippen molar-refractivity contribution in [2.75, 3.05) is 7.11 Å². The largest absolute Gasteiger partial charge is 0.506 e. The van der Waals surface area contributed by atoms with Crippen LogP contribution in [0.5, 0.6) is 5.75 Å². The fraction of sp³-hybridized carbons (Fsp3) is 0.158. The van der Waals surface area contributed by atoms with Gasteiger partial charge in [-0.1, -0.05) is 30.3 Å². The number of pyridine rings is 1. The minimum atomic E-state index is -0.365. The van der Waals surface area contributed by atoms with Gasteiger partial charge in [0.25, 0.3) is 0 Å². The third-order valence-corrected chi connectivity index (χ3v) is 4.25. The molecule has 5 heteroatoms. The number of carbonyl (C=O) groups is 1. The molecule has 3 rings (SSSR count). The second-order valence-electron chi connectivity index (χ2n) is 5.43. The second kappa shape index (κ2) is 6.93. The molecule has 0 aliphatic carbocycles. The number of rotatable bonds is 4. The van der Waals surface area contributed by atoms with Crippen molar-refractivity contribution in [2.24, 2.45) is 0 Å². The highest BCUT2D eigenvalue weighted by atomic mass is 32.1. The molecule has 0 atom stereocenters. The first-order chi connectivity index (χ1) is 11.6. The van der Waals surface area contributed by atoms with E-state index >= 15 is 0 Å². The van der Waals surface area contributed by atoms with Gasteiger partial charge in [0.15, 0.2) is 0 Å². The highest BCUT2D eigenvalue weighted by molar-refractivity contribution is 7.79. The zero-order valence-electron chi connectivity index (χ0n) is 13.2. The maximum atomic E-state index is 11.5. The second-order valence-corrected chi connectivity index (χ2v) is 5.74. The van der Waals surface area contributed by atoms with E-state index in [0.29, 0.717) is 23.4 Å². The Kier molecular flexibility index (Phi) is 4.71. The molecule has 2 aromatic carbocycles. The van der Waals surface area contributed by atoms with Gasteiger partial charge in [-0.3, -0.25) is 0 Å². The molecule has 0 saturated heterocycles. The number of aromatic hydroxyl groups is 1. The number of aromatic nitrogens is 1. The summed E-state index contributed by atoms with van der Waals surface area (Å²) in [4.78, 5) is 16.0. The quantitative estimate of drug-likeness (QED) is 0.561. The Bertz CT molecular complexity index is 891. The number of ether oxygens (including phenoxy) is 1. The van der Waals surface area contributed by atoms with Crippen molar-refractivity contribution in [3.63, 3.8) is 0 Å². The van der Waals surface area contributed by atoms with E-state index in [2.05, 4.69) is 17.6 Å². The van der Waals surface area contributed by atoms with Crippen LogP contribution in [0.1, 0.15) is 27.2 Å². The van der Waals surface area contributed by atoms with Crippen molar-refractivity contribution in [3.8, 4) is 5.75 Å². The number of para-hydroxylation sites is 1. The summed E-state index contributed by atoms with van der Waals surface area (Å²) in [6.07, 6.45) is 0.539. The Balaban J connectivity index is 2.03. The van der Waals surface area contributed by atoms with Crippen molar-refractivity contribution in [1.29, 1.82) is 0 Å². The summed E-state index contributed by atoms with van der Waals surface area (Å²) in [5.74, 6) is 0.183. The van der Waals surface area contributed by atoms with Crippen LogP contribution in [0.4, 0.5) is 0 Å². The average molecular weight is 339 g/mol. The number of carbonyl (C=O) groups excluding carboxylic acids is 1. The molecule has 0 fully saturated rings. The van der Waals surface area contributed by atoms with Crippen LogP contribution in [0.15, 0.2) is 48.5 Å². The predicted octanol–water partition coefficient (Wildman–Crippen LogP) is 3.75. The number of methoxy groups -OCH3 is 1. The molecule has 1 aromatic heterocycles. The van der Waals surface area contributed by atoms with E-state index in [0.717, 1.165) is 22.0 Å². The molecule has 0 aliphatic rings. The molecule has 0 bridgehead atoms. The minimum Gasteiger partial charge on any atom is -0.506 e. The van der Waals surface area contributed by atoms with Gasteiger partial charge in [0.1, 0.15) is 5.75 Å². The summed E-state index contributed by atoms with van der Waals surface area (Å²) in [6, 6.07) is 14.9. The van der Waals surface area contributed by atoms with Crippen LogP contribution in [0.2, 0.25) is 0 Å². The van der Waals surface area contributed by atoms with E-state index in [4.69, 9.17) is 4.74 Å². The van der Waals surface area contributed by atoms with Crippen LogP contribution in [-0.2, 0) is 16.9 Å². The third-order valence-electron chi connectivity index (χ3n) is 3.95. The van der Waals surface area contributed by atoms with Gasteiger partial charge < -0.3 is 9.84 Å². The van der Waals surface area contributed by atoms with E-state index < -0.39 is 0 Å². The lowest BCUT2D eigenvalue weighted by molar-refractivity contribution is 0.0600. The molecule has 0 aliphatic heterocycles. The maximum absolute atomic E-state index is 11.5. The molecule has 0 saturated carbocycles. The summed E-state index contributed by atoms with van der Waals surface area (Å²) in [7, 11) is 1.36. The van der Waals surface area contributed by atoms with Crippen molar-refractivity contribution < 1.29 is 14.6 Å². The Morgan fingerprint density at radius 1 is 1.17 bits per heavy atom. The number of thiol groups is 1. The molecular weight excluding hydrogens is 322 g/mol. The molecule has 0 amide bonds. The normalized spacial score (nSPS) is 10.8. The summed E-state index contributed by atoms with van der Waals surface area (Å²) in [5, 5.41) is 11.5. The lowest BCUT2D eigenvalue weighted by Crippen LogP contribution is -2.01. The third kappa shape index (κ3) is 3.08. The number of esters is 1. The molecule has 0 radical (unpaired) electrons. The highest BCUT2D eigenvalue weighted by Crippen LogP contribution is 2.31. The Hall–Kier alpha value is -2.53. The van der Waals surface area contributed by atoms with Gasteiger partial charge in [-0.25, -0.2) is 9.78 Å². The summed E-state index contributed by atoms with van der Waals surface area (Å²) in [6.45, 7) is 0. The number of fused-ring (bicyclic) bond motifs is 1. The molecule has 24 heavy (non-hydrogen) atoms. The number of benzene rings is 2. The van der Waals surface area contributed by atoms with Crippen LogP contribution in [-0.4, -0.2) is 23.2 Å². The van der Waals surface area contributed by atoms with Crippen molar-refractivity contribution in [2.45, 2.75) is 12.2 Å². The van der Waals surface area contributed by atoms with Crippen LogP contribution in [0.3, 0.4) is 0 Å². The minimum absolute atomic E-state index is 0.181. The lowest BCUT2D eigenvalue weighted by atomic mass is 9.98. The number of hydrogen-bond acceptors (Lipinski definition) is 5. The van der Waals surface area contributed by atoms with E-state index in [-0.39, 0.29) is 11.7 Å². The Labute approximate surface area is 145 Å². The summed E-state index contributed by atoms with van der Waals surface area (Å²) < 4.78 is 4.71. The first kappa shape index (κ1) is 16.3. The number of nitrogens with zero attached hydrogens (tertiary/aromatic N) is 1. The van der Waals surface area contributed by atoms with E-state index in [1.807, 2.05) is 36.4 Å². The van der Waals surface area contributed by atoms with E-state index in [9.17, 15) is 9.90 Å². The smallest absolute Gasteiger partial charge is 0.337 e. The van der Waals surface area contributed by atoms with Gasteiger partial charge in [0, 0.05) is 23.1 Å². The summed E-state index contributed by atoms with van der Waals surface area (Å²) in [5.41, 5.74) is 3.70. The molecule has 1 N–H and O–H groups in total. The highest BCUT2D eigenvalue weighted by Gasteiger charge is 2.14. The van der Waals surface area contributed by atoms with Crippen molar-refractivity contribution in [3.05, 3.63) is 70.9 Å². The fourth-order valence-electron chi connectivity index (χ4n) is 2.70. The van der Waals surface area contributed by atoms with Crippen molar-refractivity contribution in [1.82, 2.24) is 4.98 Å². The zero-order valence-corrected chi connectivity index (χ0v) is 14.1. The van der Waals surface area contributed by atoms with E-state index in [1.165, 1.54) is 7.11 Å². The van der Waals surface area contributed by atoms with Crippen LogP contribution in [0.25, 0.3) is 10.9 Å². The maximum Gasteiger partial charge on any atom is 0.337 e. The Morgan fingerprint density at radius 2 is 1.88 bits per heavy atom. The first-order valence-electron chi connectivity index (χ1n) is 7.51. The van der Waals surface area contributed by atoms with Gasteiger partial charge in [-0.05, 0) is 23.8 Å². The molecule has 0 spiro atoms. The fourth-order valence-corrected chi connectivity index (χ4v) is 2.92. The van der Waals surface area contributed by atoms with Crippen LogP contribution >= 0.6 is 12.6 Å². The van der Waals surface area contributed by atoms with E-state index in [1.54, 1.807) is 12.1 Å². The van der Waals surface area contributed by atoms with Gasteiger partial charge >= 0.3 is 5.97 Å². The number of hydrogen-bond donors (Lipinski definition) is 2. The molecule has 1 heterocycles. The first-order valence-corrected chi connectivity index (χ1v) is 8.15. The van der Waals surface area contributed by atoms with Crippen LogP contribution in [0, 0.1) is 0 Å². The molecule has 3 aromatic rings. The SMILES string of the molecule is COC(=O)c1ccc(Cc2c(O)c(CS)nc3ccccc23)cc1. The van der Waals surface area contributed by atoms with Crippen molar-refractivity contribution >= 4 is 29.5 Å². The van der Waals surface area contributed by atoms with Gasteiger partial charge in [-0.2, -0.15) is 12.6 Å². The van der Waals surface area contributed by atoms with Gasteiger partial charge in [-0.15, -0.1) is 0 Å². The van der Waals surface area contributed by atoms with Crippen LogP contribution < -0.4 is 0 Å². The molecule has 122 valence electrons. The molecule has 0 unspecified atom stereocenters. The monoisotopic (exact) mass is 339 g/mol. The Morgan fingerprint density at radius 3 is 2.54 bits per heavy atom. The topological polar surface area (TPSA) is 59.4 Å². The standard InChI is InChI=1S/C19H17NO3S/c1-23-19(22)13-8-6-12(7-9-13)10-15-14-4-2-3-5-16(14)20-17(11-24)18(15)21/h2-9,21,24H,10-11H2,1H3. The van der Waals surface area contributed by atoms with Gasteiger partial charge in [0.05, 0.1) is 23.9 Å². The zero-order chi connectivity index (χ0) is 17.1. The van der Waals surface area contributed by atoms with Gasteiger partial charge in [0.2, 0.25) is 0 Å². The average Bonchev–Trinajstić information content (AvgIpc) is 2.63. The lowest BCUT2D eigenvalue weighted by Gasteiger charge is -2.12. The molecule has 4 nitrogen and oxygen atoms in total.